The molecular formula is C28H30ClN5O2. The lowest BCUT2D eigenvalue weighted by Crippen LogP contribution is -2.24. The summed E-state index contributed by atoms with van der Waals surface area (Å²) < 4.78 is 7.29. The lowest BCUT2D eigenvalue weighted by atomic mass is 9.95. The first kappa shape index (κ1) is 25.5. The van der Waals surface area contributed by atoms with Crippen molar-refractivity contribution in [1.29, 1.82) is 0 Å². The maximum atomic E-state index is 13.4. The van der Waals surface area contributed by atoms with Crippen LogP contribution in [0.25, 0.3) is 16.9 Å². The molecular weight excluding hydrogens is 474 g/mol. The Morgan fingerprint density at radius 1 is 0.972 bits per heavy atom. The average molecular weight is 504 g/mol. The van der Waals surface area contributed by atoms with Gasteiger partial charge < -0.3 is 4.74 Å². The van der Waals surface area contributed by atoms with Crippen molar-refractivity contribution in [3.05, 3.63) is 92.1 Å². The molecule has 0 saturated heterocycles. The van der Waals surface area contributed by atoms with Crippen molar-refractivity contribution in [2.75, 3.05) is 0 Å². The highest BCUT2D eigenvalue weighted by atomic mass is 35.5. The minimum absolute atomic E-state index is 0.0775. The number of hydrogen-bond donors (Lipinski definition) is 0. The molecule has 8 heteroatoms. The molecule has 0 spiro atoms. The molecule has 0 amide bonds. The van der Waals surface area contributed by atoms with Gasteiger partial charge in [0.1, 0.15) is 18.3 Å². The summed E-state index contributed by atoms with van der Waals surface area (Å²) in [6.07, 6.45) is 1.84. The van der Waals surface area contributed by atoms with Crippen molar-refractivity contribution in [3.8, 4) is 22.8 Å². The van der Waals surface area contributed by atoms with Crippen LogP contribution in [0.2, 0.25) is 5.02 Å². The minimum Gasteiger partial charge on any atom is -0.470 e. The molecule has 3 aromatic heterocycles. The van der Waals surface area contributed by atoms with Crippen LogP contribution in [0.3, 0.4) is 0 Å². The predicted octanol–water partition coefficient (Wildman–Crippen LogP) is 5.85. The Labute approximate surface area is 216 Å². The second-order valence-corrected chi connectivity index (χ2v) is 10.3. The van der Waals surface area contributed by atoms with Crippen LogP contribution in [0.15, 0.2) is 47.4 Å². The first-order valence-corrected chi connectivity index (χ1v) is 12.1. The van der Waals surface area contributed by atoms with E-state index in [1.54, 1.807) is 6.92 Å². The van der Waals surface area contributed by atoms with Gasteiger partial charge in [0, 0.05) is 22.9 Å². The molecule has 4 aromatic rings. The van der Waals surface area contributed by atoms with Crippen molar-refractivity contribution < 1.29 is 4.74 Å². The number of nitrogens with zero attached hydrogens (tertiary/aromatic N) is 5. The molecule has 186 valence electrons. The first-order chi connectivity index (χ1) is 17.0. The molecule has 3 heterocycles. The van der Waals surface area contributed by atoms with Crippen LogP contribution in [0.4, 0.5) is 0 Å². The first-order valence-electron chi connectivity index (χ1n) is 11.8. The number of ether oxygens (including phenoxy) is 1. The van der Waals surface area contributed by atoms with Gasteiger partial charge in [0.05, 0.1) is 17.1 Å². The molecule has 0 aliphatic heterocycles. The van der Waals surface area contributed by atoms with Crippen LogP contribution in [-0.4, -0.2) is 24.5 Å². The van der Waals surface area contributed by atoms with Gasteiger partial charge in [-0.25, -0.2) is 9.97 Å². The van der Waals surface area contributed by atoms with E-state index in [0.717, 1.165) is 39.6 Å². The summed E-state index contributed by atoms with van der Waals surface area (Å²) in [5.41, 5.74) is 5.27. The van der Waals surface area contributed by atoms with Crippen molar-refractivity contribution in [1.82, 2.24) is 24.5 Å². The highest BCUT2D eigenvalue weighted by Gasteiger charge is 2.21. The minimum atomic E-state index is -0.397. The van der Waals surface area contributed by atoms with Gasteiger partial charge in [0.15, 0.2) is 5.02 Å². The Hall–Kier alpha value is -3.58. The topological polar surface area (TPSA) is 82.8 Å². The van der Waals surface area contributed by atoms with Crippen LogP contribution in [0, 0.1) is 27.7 Å². The third kappa shape index (κ3) is 5.16. The standard InChI is InChI=1S/C28H30ClN5O2/c1-16-11-12-20(24-17(2)14-30-27(33-24)28(5,6)7)13-22(16)34-19(4)32-25(23(29)26(34)35)36-15-21-10-8-9-18(3)31-21/h8-14H,15H2,1-7H3. The van der Waals surface area contributed by atoms with Gasteiger partial charge in [0.25, 0.3) is 5.56 Å². The van der Waals surface area contributed by atoms with E-state index in [0.29, 0.717) is 11.5 Å². The number of rotatable bonds is 5. The summed E-state index contributed by atoms with van der Waals surface area (Å²) in [4.78, 5) is 31.7. The quantitative estimate of drug-likeness (QED) is 0.340. The number of pyridine rings is 1. The average Bonchev–Trinajstić information content (AvgIpc) is 2.81. The van der Waals surface area contributed by atoms with E-state index in [9.17, 15) is 4.79 Å². The maximum absolute atomic E-state index is 13.4. The van der Waals surface area contributed by atoms with Crippen LogP contribution in [0.1, 0.15) is 54.9 Å². The van der Waals surface area contributed by atoms with E-state index in [-0.39, 0.29) is 22.9 Å². The molecule has 0 radical (unpaired) electrons. The van der Waals surface area contributed by atoms with Crippen molar-refractivity contribution in [2.24, 2.45) is 0 Å². The smallest absolute Gasteiger partial charge is 0.280 e. The van der Waals surface area contributed by atoms with Gasteiger partial charge in [0.2, 0.25) is 5.88 Å². The normalized spacial score (nSPS) is 11.6. The number of aromatic nitrogens is 5. The lowest BCUT2D eigenvalue weighted by molar-refractivity contribution is 0.287. The second-order valence-electron chi connectivity index (χ2n) is 9.95. The fourth-order valence-corrected chi connectivity index (χ4v) is 4.06. The van der Waals surface area contributed by atoms with Crippen molar-refractivity contribution in [2.45, 2.75) is 60.5 Å². The molecule has 0 aliphatic rings. The van der Waals surface area contributed by atoms with Gasteiger partial charge in [-0.1, -0.05) is 50.6 Å². The molecule has 1 aromatic carbocycles. The molecule has 0 N–H and O–H groups in total. The van der Waals surface area contributed by atoms with E-state index in [2.05, 4.69) is 35.7 Å². The fraction of sp³-hybridized carbons (Fsp3) is 0.321. The number of benzene rings is 1. The molecule has 0 unspecified atom stereocenters. The van der Waals surface area contributed by atoms with Crippen molar-refractivity contribution in [3.63, 3.8) is 0 Å². The molecule has 0 atom stereocenters. The summed E-state index contributed by atoms with van der Waals surface area (Å²) >= 11 is 6.46. The van der Waals surface area contributed by atoms with Gasteiger partial charge in [-0.3, -0.25) is 14.3 Å². The third-order valence-corrected chi connectivity index (χ3v) is 6.16. The van der Waals surface area contributed by atoms with E-state index in [1.165, 1.54) is 4.57 Å². The summed E-state index contributed by atoms with van der Waals surface area (Å²) in [7, 11) is 0. The predicted molar refractivity (Wildman–Crippen MR) is 142 cm³/mol. The highest BCUT2D eigenvalue weighted by Crippen LogP contribution is 2.29. The Kier molecular flexibility index (Phi) is 6.96. The molecule has 7 nitrogen and oxygen atoms in total. The van der Waals surface area contributed by atoms with Crippen LogP contribution in [0.5, 0.6) is 5.88 Å². The number of aryl methyl sites for hydroxylation is 4. The maximum Gasteiger partial charge on any atom is 0.280 e. The van der Waals surface area contributed by atoms with E-state index in [4.69, 9.17) is 21.3 Å². The Morgan fingerprint density at radius 3 is 2.42 bits per heavy atom. The Balaban J connectivity index is 1.75. The summed E-state index contributed by atoms with van der Waals surface area (Å²) in [6, 6.07) is 11.6. The molecule has 0 fully saturated rings. The second kappa shape index (κ2) is 9.82. The zero-order valence-corrected chi connectivity index (χ0v) is 22.4. The van der Waals surface area contributed by atoms with Crippen molar-refractivity contribution >= 4 is 11.6 Å². The zero-order valence-electron chi connectivity index (χ0n) is 21.7. The largest absolute Gasteiger partial charge is 0.470 e. The Morgan fingerprint density at radius 2 is 1.72 bits per heavy atom. The van der Waals surface area contributed by atoms with E-state index < -0.39 is 5.56 Å². The Bertz CT molecular complexity index is 1510. The van der Waals surface area contributed by atoms with Crippen LogP contribution in [-0.2, 0) is 12.0 Å². The number of halogens is 1. The molecule has 0 aliphatic carbocycles. The fourth-order valence-electron chi connectivity index (χ4n) is 3.88. The molecule has 0 saturated carbocycles. The molecule has 0 bridgehead atoms. The number of hydrogen-bond acceptors (Lipinski definition) is 6. The van der Waals surface area contributed by atoms with Crippen LogP contribution >= 0.6 is 11.6 Å². The van der Waals surface area contributed by atoms with Gasteiger partial charge in [-0.15, -0.1) is 0 Å². The zero-order chi connectivity index (χ0) is 26.2. The lowest BCUT2D eigenvalue weighted by Gasteiger charge is -2.19. The monoisotopic (exact) mass is 503 g/mol. The molecule has 4 rings (SSSR count). The SMILES string of the molecule is Cc1cccc(COc2nc(C)n(-c3cc(-c4nc(C(C)(C)C)ncc4C)ccc3C)c(=O)c2Cl)n1. The van der Waals surface area contributed by atoms with E-state index in [1.807, 2.05) is 63.4 Å². The summed E-state index contributed by atoms with van der Waals surface area (Å²) in [6.45, 7) is 14.0. The van der Waals surface area contributed by atoms with Gasteiger partial charge in [-0.2, -0.15) is 4.98 Å². The van der Waals surface area contributed by atoms with Gasteiger partial charge >= 0.3 is 0 Å². The summed E-state index contributed by atoms with van der Waals surface area (Å²) in [5, 5.41) is -0.0775. The van der Waals surface area contributed by atoms with E-state index >= 15 is 0 Å². The van der Waals surface area contributed by atoms with Crippen LogP contribution < -0.4 is 10.3 Å². The van der Waals surface area contributed by atoms with Gasteiger partial charge in [-0.05, 0) is 57.0 Å². The third-order valence-electron chi connectivity index (χ3n) is 5.83. The molecule has 36 heavy (non-hydrogen) atoms. The highest BCUT2D eigenvalue weighted by molar-refractivity contribution is 6.31. The summed E-state index contributed by atoms with van der Waals surface area (Å²) in [5.74, 6) is 1.31.